The van der Waals surface area contributed by atoms with Gasteiger partial charge in [-0.1, -0.05) is 0 Å². The Hall–Kier alpha value is -0.340. The van der Waals surface area contributed by atoms with Crippen molar-refractivity contribution in [3.05, 3.63) is 11.1 Å². The zero-order chi connectivity index (χ0) is 18.1. The van der Waals surface area contributed by atoms with Crippen LogP contribution in [0.2, 0.25) is 0 Å². The molecule has 0 aromatic rings. The van der Waals surface area contributed by atoms with Crippen LogP contribution < -0.4 is 0 Å². The fourth-order valence-corrected chi connectivity index (χ4v) is 1.22. The van der Waals surface area contributed by atoms with Gasteiger partial charge in [-0.3, -0.25) is 0 Å². The zero-order valence-electron chi connectivity index (χ0n) is 17.4. The fourth-order valence-electron chi connectivity index (χ4n) is 1.22. The number of ether oxygens (including phenoxy) is 2. The van der Waals surface area contributed by atoms with Gasteiger partial charge in [-0.15, -0.1) is 0 Å². The molecule has 0 aromatic carbocycles. The topological polar surface area (TPSA) is 18.5 Å². The van der Waals surface area contributed by atoms with E-state index in [1.807, 2.05) is 0 Å². The molecule has 0 bridgehead atoms. The second-order valence-electron chi connectivity index (χ2n) is 4.61. The number of rotatable bonds is 5. The van der Waals surface area contributed by atoms with Crippen molar-refractivity contribution < 1.29 is 19.1 Å². The van der Waals surface area contributed by atoms with E-state index in [1.165, 1.54) is 0 Å². The molecule has 15 heavy (non-hydrogen) atoms. The van der Waals surface area contributed by atoms with Crippen molar-refractivity contribution >= 4 is 0 Å². The maximum Gasteiger partial charge on any atom is 0.0836 e. The van der Waals surface area contributed by atoms with Gasteiger partial charge in [0.25, 0.3) is 0 Å². The normalized spacial score (nSPS) is 25.9. The van der Waals surface area contributed by atoms with Crippen LogP contribution in [-0.2, 0) is 9.47 Å². The van der Waals surface area contributed by atoms with E-state index < -0.39 is 31.7 Å². The third-order valence-electron chi connectivity index (χ3n) is 2.98. The molecule has 0 spiro atoms. The third-order valence-corrected chi connectivity index (χ3v) is 2.98. The van der Waals surface area contributed by atoms with E-state index in [1.54, 1.807) is 41.5 Å². The number of hydrogen-bond donors (Lipinski definition) is 0. The average molecular weight is 221 g/mol. The van der Waals surface area contributed by atoms with Gasteiger partial charge in [0.2, 0.25) is 0 Å². The van der Waals surface area contributed by atoms with Gasteiger partial charge < -0.3 is 9.47 Å². The first-order chi connectivity index (χ1) is 9.40. The summed E-state index contributed by atoms with van der Waals surface area (Å²) < 4.78 is 61.4. The number of methoxy groups -OCH3 is 1. The first-order valence-corrected chi connectivity index (χ1v) is 4.89. The van der Waals surface area contributed by atoms with Crippen LogP contribution in [-0.4, -0.2) is 24.8 Å². The standard InChI is InChI=1S/C13H26O2/c1-9-15-13(6,7)11(3)10(2)12(4,5)14-8/h9H2,1-8H3/b11-10-/i1D3,8D3,9D. The molecule has 0 radical (unpaired) electrons. The molecule has 90 valence electrons. The van der Waals surface area contributed by atoms with Gasteiger partial charge in [-0.2, -0.15) is 0 Å². The maximum atomic E-state index is 7.58. The molecule has 0 heterocycles. The summed E-state index contributed by atoms with van der Waals surface area (Å²) in [4.78, 5) is 0. The van der Waals surface area contributed by atoms with Crippen LogP contribution in [0.5, 0.6) is 0 Å². The lowest BCUT2D eigenvalue weighted by molar-refractivity contribution is 0.0110. The Balaban J connectivity index is 5.45. The summed E-state index contributed by atoms with van der Waals surface area (Å²) in [6.45, 7) is 5.72. The van der Waals surface area contributed by atoms with Crippen molar-refractivity contribution in [1.82, 2.24) is 0 Å². The Bertz CT molecular complexity index is 419. The first-order valence-electron chi connectivity index (χ1n) is 8.46. The van der Waals surface area contributed by atoms with Gasteiger partial charge in [0, 0.05) is 17.7 Å². The molecule has 1 unspecified atom stereocenters. The van der Waals surface area contributed by atoms with E-state index in [2.05, 4.69) is 0 Å². The van der Waals surface area contributed by atoms with Gasteiger partial charge in [0.1, 0.15) is 0 Å². The van der Waals surface area contributed by atoms with Gasteiger partial charge in [-0.25, -0.2) is 0 Å². The van der Waals surface area contributed by atoms with Gasteiger partial charge in [0.15, 0.2) is 0 Å². The largest absolute Gasteiger partial charge is 0.374 e. The molecular weight excluding hydrogens is 188 g/mol. The van der Waals surface area contributed by atoms with E-state index in [9.17, 15) is 0 Å². The van der Waals surface area contributed by atoms with E-state index in [4.69, 9.17) is 19.1 Å². The molecule has 0 aliphatic rings. The Labute approximate surface area is 104 Å². The highest BCUT2D eigenvalue weighted by Crippen LogP contribution is 2.30. The summed E-state index contributed by atoms with van der Waals surface area (Å²) in [7, 11) is -2.55. The predicted molar refractivity (Wildman–Crippen MR) is 65.2 cm³/mol. The van der Waals surface area contributed by atoms with E-state index in [0.29, 0.717) is 11.1 Å². The molecule has 0 rings (SSSR count). The first kappa shape index (κ1) is 6.41. The van der Waals surface area contributed by atoms with Crippen molar-refractivity contribution in [1.29, 1.82) is 0 Å². The molecule has 0 fully saturated rings. The van der Waals surface area contributed by atoms with Gasteiger partial charge in [0.05, 0.1) is 16.7 Å². The van der Waals surface area contributed by atoms with E-state index in [-0.39, 0.29) is 0 Å². The Kier molecular flexibility index (Phi) is 2.19. The quantitative estimate of drug-likeness (QED) is 0.661. The summed E-state index contributed by atoms with van der Waals surface area (Å²) in [6.07, 6.45) is 0. The van der Waals surface area contributed by atoms with Crippen LogP contribution in [0, 0.1) is 0 Å². The van der Waals surface area contributed by atoms with Crippen LogP contribution in [0.25, 0.3) is 0 Å². The van der Waals surface area contributed by atoms with Crippen molar-refractivity contribution in [3.8, 4) is 0 Å². The Morgan fingerprint density at radius 3 is 2.13 bits per heavy atom. The summed E-state index contributed by atoms with van der Waals surface area (Å²) in [5.41, 5.74) is -0.872. The highest BCUT2D eigenvalue weighted by molar-refractivity contribution is 5.25. The lowest BCUT2D eigenvalue weighted by atomic mass is 9.87. The molecule has 0 amide bonds. The zero-order valence-corrected chi connectivity index (χ0v) is 10.4. The lowest BCUT2D eigenvalue weighted by Crippen LogP contribution is -2.32. The highest BCUT2D eigenvalue weighted by atomic mass is 16.5. The minimum atomic E-state index is -2.55. The van der Waals surface area contributed by atoms with Gasteiger partial charge in [-0.05, 0) is 59.5 Å². The smallest absolute Gasteiger partial charge is 0.0836 e. The van der Waals surface area contributed by atoms with Crippen LogP contribution >= 0.6 is 0 Å². The van der Waals surface area contributed by atoms with Crippen LogP contribution in [0.1, 0.15) is 58.0 Å². The van der Waals surface area contributed by atoms with Crippen molar-refractivity contribution in [2.24, 2.45) is 0 Å². The molecule has 2 heteroatoms. The van der Waals surface area contributed by atoms with E-state index >= 15 is 0 Å². The molecule has 0 saturated heterocycles. The monoisotopic (exact) mass is 221 g/mol. The van der Waals surface area contributed by atoms with Crippen molar-refractivity contribution in [2.45, 2.75) is 59.6 Å². The third kappa shape index (κ3) is 3.62. The second-order valence-corrected chi connectivity index (χ2v) is 4.61. The summed E-state index contributed by atoms with van der Waals surface area (Å²) in [5.74, 6) is 0. The minimum absolute atomic E-state index is 0.617. The van der Waals surface area contributed by atoms with Crippen molar-refractivity contribution in [3.63, 3.8) is 0 Å². The average Bonchev–Trinajstić information content (AvgIpc) is 2.21. The molecule has 0 saturated carbocycles. The maximum absolute atomic E-state index is 7.58. The molecule has 0 aliphatic carbocycles. The van der Waals surface area contributed by atoms with Gasteiger partial charge >= 0.3 is 0 Å². The van der Waals surface area contributed by atoms with Crippen LogP contribution in [0.3, 0.4) is 0 Å². The second kappa shape index (κ2) is 5.13. The highest BCUT2D eigenvalue weighted by Gasteiger charge is 2.28. The molecule has 0 N–H and O–H groups in total. The van der Waals surface area contributed by atoms with E-state index in [0.717, 1.165) is 0 Å². The lowest BCUT2D eigenvalue weighted by Gasteiger charge is -2.33. The molecule has 0 aromatic heterocycles. The van der Waals surface area contributed by atoms with Crippen LogP contribution in [0.4, 0.5) is 0 Å². The Morgan fingerprint density at radius 2 is 1.67 bits per heavy atom. The summed E-state index contributed by atoms with van der Waals surface area (Å²) in [6, 6.07) is 0. The fraction of sp³-hybridized carbons (Fsp3) is 0.846. The molecule has 1 atom stereocenters. The molecule has 2 nitrogen and oxygen atoms in total. The summed E-state index contributed by atoms with van der Waals surface area (Å²) >= 11 is 0. The van der Waals surface area contributed by atoms with Crippen molar-refractivity contribution in [2.75, 3.05) is 13.6 Å². The predicted octanol–water partition coefficient (Wildman–Crippen LogP) is 3.56. The minimum Gasteiger partial charge on any atom is -0.374 e. The SMILES string of the molecule is [2H]C(OC(C)(C)/C(C)=C(/C)C(C)(C)OC([2H])([2H])[2H])C([2H])([2H])[2H]. The molecule has 0 aliphatic heterocycles. The van der Waals surface area contributed by atoms with Crippen LogP contribution in [0.15, 0.2) is 11.1 Å². The number of hydrogen-bond acceptors (Lipinski definition) is 2. The Morgan fingerprint density at radius 1 is 1.13 bits per heavy atom. The summed E-state index contributed by atoms with van der Waals surface area (Å²) in [5, 5.41) is 0. The molecular formula is C13H26O2.